The number of hydrogen-bond acceptors (Lipinski definition) is 9. The number of ketones is 1. The first-order valence-electron chi connectivity index (χ1n) is 12.3. The zero-order valence-corrected chi connectivity index (χ0v) is 23.7. The van der Waals surface area contributed by atoms with Crippen LogP contribution in [0.4, 0.5) is 0 Å². The molecule has 0 aliphatic carbocycles. The van der Waals surface area contributed by atoms with E-state index in [0.717, 1.165) is 23.4 Å². The van der Waals surface area contributed by atoms with E-state index in [9.17, 15) is 14.4 Å². The highest BCUT2D eigenvalue weighted by Crippen LogP contribution is 2.13. The van der Waals surface area contributed by atoms with Gasteiger partial charge in [0.2, 0.25) is 0 Å². The van der Waals surface area contributed by atoms with Gasteiger partial charge in [0.1, 0.15) is 0 Å². The van der Waals surface area contributed by atoms with E-state index in [1.54, 1.807) is 67.5 Å². The van der Waals surface area contributed by atoms with Gasteiger partial charge in [-0.2, -0.15) is 10.2 Å². The maximum atomic E-state index is 11.7. The second kappa shape index (κ2) is 17.0. The summed E-state index contributed by atoms with van der Waals surface area (Å²) in [7, 11) is 3.94. The van der Waals surface area contributed by atoms with Gasteiger partial charge < -0.3 is 4.90 Å². The highest BCUT2D eigenvalue weighted by molar-refractivity contribution is 5.93. The van der Waals surface area contributed by atoms with Crippen molar-refractivity contribution in [2.45, 2.75) is 13.5 Å². The normalized spacial score (nSPS) is 9.85. The van der Waals surface area contributed by atoms with Crippen LogP contribution in [0.2, 0.25) is 0 Å². The molecule has 0 atom stereocenters. The number of halogens is 1. The van der Waals surface area contributed by atoms with Crippen molar-refractivity contribution < 1.29 is 4.79 Å². The summed E-state index contributed by atoms with van der Waals surface area (Å²) in [5.41, 5.74) is 3.67. The van der Waals surface area contributed by atoms with Crippen molar-refractivity contribution in [1.82, 2.24) is 39.8 Å². The molecule has 5 aromatic heterocycles. The average Bonchev–Trinajstić information content (AvgIpc) is 2.99. The van der Waals surface area contributed by atoms with Crippen molar-refractivity contribution in [3.8, 4) is 22.5 Å². The van der Waals surface area contributed by atoms with Crippen LogP contribution in [0, 0.1) is 0 Å². The summed E-state index contributed by atoms with van der Waals surface area (Å²) in [6.45, 7) is 2.89. The molecule has 5 rings (SSSR count). The number of hydrogen-bond donors (Lipinski definition) is 1. The van der Waals surface area contributed by atoms with Crippen LogP contribution in [-0.2, 0) is 6.54 Å². The molecule has 0 saturated heterocycles. The van der Waals surface area contributed by atoms with Gasteiger partial charge >= 0.3 is 0 Å². The van der Waals surface area contributed by atoms with Crippen molar-refractivity contribution in [3.63, 3.8) is 0 Å². The Bertz CT molecular complexity index is 1580. The van der Waals surface area contributed by atoms with Crippen LogP contribution < -0.4 is 11.1 Å². The van der Waals surface area contributed by atoms with Crippen LogP contribution in [0.5, 0.6) is 0 Å². The predicted octanol–water partition coefficient (Wildman–Crippen LogP) is 3.40. The fourth-order valence-electron chi connectivity index (χ4n) is 3.16. The van der Waals surface area contributed by atoms with Gasteiger partial charge in [0, 0.05) is 72.5 Å². The molecule has 0 radical (unpaired) electrons. The maximum Gasteiger partial charge on any atom is 0.266 e. The third-order valence-electron chi connectivity index (χ3n) is 5.29. The first kappa shape index (κ1) is 32.3. The number of likely N-dealkylation sites (N-methyl/N-ethyl adjacent to an activating group) is 1. The molecule has 12 heteroatoms. The summed E-state index contributed by atoms with van der Waals surface area (Å²) >= 11 is 0. The Morgan fingerprint density at radius 2 is 1.39 bits per heavy atom. The second-order valence-corrected chi connectivity index (χ2v) is 8.67. The molecule has 0 fully saturated rings. The van der Waals surface area contributed by atoms with E-state index < -0.39 is 0 Å². The van der Waals surface area contributed by atoms with Crippen LogP contribution in [0.15, 0.2) is 107 Å². The topological polar surface area (TPSA) is 140 Å². The minimum absolute atomic E-state index is 0. The third-order valence-corrected chi connectivity index (χ3v) is 5.29. The fraction of sp³-hybridized carbons (Fsp3) is 0.172. The Labute approximate surface area is 243 Å². The summed E-state index contributed by atoms with van der Waals surface area (Å²) in [6.07, 6.45) is 10.0. The van der Waals surface area contributed by atoms with Crippen molar-refractivity contribution in [2.75, 3.05) is 20.6 Å². The fourth-order valence-corrected chi connectivity index (χ4v) is 3.16. The average molecular weight is 575 g/mol. The van der Waals surface area contributed by atoms with Gasteiger partial charge in [-0.3, -0.25) is 29.3 Å². The van der Waals surface area contributed by atoms with E-state index in [4.69, 9.17) is 0 Å². The lowest BCUT2D eigenvalue weighted by Crippen LogP contribution is -2.28. The zero-order valence-electron chi connectivity index (χ0n) is 22.9. The summed E-state index contributed by atoms with van der Waals surface area (Å²) in [5, 5.41) is 10.6. The van der Waals surface area contributed by atoms with Crippen LogP contribution in [0.1, 0.15) is 17.3 Å². The quantitative estimate of drug-likeness (QED) is 0.302. The Hall–Kier alpha value is -4.87. The van der Waals surface area contributed by atoms with Gasteiger partial charge in [0.15, 0.2) is 5.78 Å². The Kier molecular flexibility index (Phi) is 13.4. The number of Topliss-reactive ketones (excluding diaryl/α,β-unsaturated/α-hetero) is 1. The van der Waals surface area contributed by atoms with Crippen LogP contribution in [0.3, 0.4) is 0 Å². The standard InChI is InChI=1S/C13H16N4O.C9H7N3O.C7H7NO.ClH/c1-16(2)8-9-17-13(18)6-5-12(15-17)11-4-3-7-14-10-11;13-9-4-3-8(11-12-9)7-2-1-5-10-6-7;1-6(9)7-3-2-4-8-5-7;/h3-7,10H,8-9H2,1-2H3;1-6H,(H,12,13);2-5H,1H3;1H. The molecule has 5 heterocycles. The summed E-state index contributed by atoms with van der Waals surface area (Å²) in [4.78, 5) is 46.8. The minimum atomic E-state index is -0.201. The number of carbonyl (C=O) groups is 1. The van der Waals surface area contributed by atoms with Crippen LogP contribution in [0.25, 0.3) is 22.5 Å². The number of aromatic amines is 1. The summed E-state index contributed by atoms with van der Waals surface area (Å²) in [5.74, 6) is 0.0584. The number of nitrogens with zero attached hydrogens (tertiary/aromatic N) is 7. The first-order valence-corrected chi connectivity index (χ1v) is 12.3. The Balaban J connectivity index is 0.000000225. The molecular formula is C29H31ClN8O3. The first-order chi connectivity index (χ1) is 19.3. The van der Waals surface area contributed by atoms with Gasteiger partial charge in [-0.25, -0.2) is 9.78 Å². The van der Waals surface area contributed by atoms with Crippen LogP contribution in [-0.4, -0.2) is 66.3 Å². The predicted molar refractivity (Wildman–Crippen MR) is 160 cm³/mol. The van der Waals surface area contributed by atoms with Crippen molar-refractivity contribution in [1.29, 1.82) is 0 Å². The molecule has 0 unspecified atom stereocenters. The van der Waals surface area contributed by atoms with E-state index in [-0.39, 0.29) is 29.3 Å². The highest BCUT2D eigenvalue weighted by atomic mass is 35.5. The lowest BCUT2D eigenvalue weighted by molar-refractivity contribution is 0.101. The van der Waals surface area contributed by atoms with E-state index in [0.29, 0.717) is 17.8 Å². The van der Waals surface area contributed by atoms with E-state index in [1.807, 2.05) is 43.3 Å². The SMILES string of the molecule is CC(=O)c1cccnc1.CN(C)CCn1nc(-c2cccnc2)ccc1=O.Cl.O=c1ccc(-c2cccnc2)n[nH]1. The maximum absolute atomic E-state index is 11.7. The molecule has 41 heavy (non-hydrogen) atoms. The van der Waals surface area contributed by atoms with Gasteiger partial charge in [0.05, 0.1) is 17.9 Å². The van der Waals surface area contributed by atoms with Gasteiger partial charge in [-0.1, -0.05) is 0 Å². The molecule has 11 nitrogen and oxygen atoms in total. The van der Waals surface area contributed by atoms with E-state index >= 15 is 0 Å². The number of H-pyrrole nitrogens is 1. The highest BCUT2D eigenvalue weighted by Gasteiger charge is 2.03. The number of pyridine rings is 3. The van der Waals surface area contributed by atoms with E-state index in [1.165, 1.54) is 17.7 Å². The lowest BCUT2D eigenvalue weighted by Gasteiger charge is -2.11. The molecular weight excluding hydrogens is 544 g/mol. The molecule has 1 N–H and O–H groups in total. The molecule has 5 aromatic rings. The minimum Gasteiger partial charge on any atom is -0.308 e. The van der Waals surface area contributed by atoms with E-state index in [2.05, 4.69) is 30.2 Å². The number of nitrogens with one attached hydrogen (secondary N) is 1. The monoisotopic (exact) mass is 574 g/mol. The van der Waals surface area contributed by atoms with Gasteiger partial charge in [0.25, 0.3) is 11.1 Å². The second-order valence-electron chi connectivity index (χ2n) is 8.67. The molecule has 0 aliphatic heterocycles. The summed E-state index contributed by atoms with van der Waals surface area (Å²) < 4.78 is 1.49. The zero-order chi connectivity index (χ0) is 28.7. The number of rotatable bonds is 6. The lowest BCUT2D eigenvalue weighted by atomic mass is 10.2. The van der Waals surface area contributed by atoms with Gasteiger partial charge in [-0.05, 0) is 69.6 Å². The van der Waals surface area contributed by atoms with Gasteiger partial charge in [-0.15, -0.1) is 12.4 Å². The third kappa shape index (κ3) is 11.0. The number of carbonyl (C=O) groups excluding carboxylic acids is 1. The summed E-state index contributed by atoms with van der Waals surface area (Å²) in [6, 6.07) is 17.4. The molecule has 212 valence electrons. The molecule has 0 aromatic carbocycles. The molecule has 0 saturated carbocycles. The van der Waals surface area contributed by atoms with Crippen molar-refractivity contribution in [2.24, 2.45) is 0 Å². The Morgan fingerprint density at radius 1 is 0.805 bits per heavy atom. The largest absolute Gasteiger partial charge is 0.308 e. The molecule has 0 aliphatic rings. The molecule has 0 bridgehead atoms. The van der Waals surface area contributed by atoms with Crippen LogP contribution >= 0.6 is 12.4 Å². The van der Waals surface area contributed by atoms with Crippen molar-refractivity contribution in [3.05, 3.63) is 124 Å². The smallest absolute Gasteiger partial charge is 0.266 e. The number of aromatic nitrogens is 7. The molecule has 0 spiro atoms. The Morgan fingerprint density at radius 3 is 1.85 bits per heavy atom. The van der Waals surface area contributed by atoms with Crippen molar-refractivity contribution >= 4 is 18.2 Å². The molecule has 0 amide bonds.